The molecule has 4 rings (SSSR count). The second-order valence-corrected chi connectivity index (χ2v) is 10.4. The number of rotatable bonds is 9. The van der Waals surface area contributed by atoms with Gasteiger partial charge in [-0.05, 0) is 35.2 Å². The maximum atomic E-state index is 12.6. The Morgan fingerprint density at radius 3 is 2.37 bits per heavy atom. The smallest absolute Gasteiger partial charge is 0.250 e. The van der Waals surface area contributed by atoms with Crippen molar-refractivity contribution in [1.29, 1.82) is 0 Å². The molecule has 0 atom stereocenters. The summed E-state index contributed by atoms with van der Waals surface area (Å²) in [6.07, 6.45) is 1.52. The van der Waals surface area contributed by atoms with Crippen LogP contribution in [0.15, 0.2) is 83.1 Å². The Morgan fingerprint density at radius 2 is 1.71 bits per heavy atom. The average molecular weight is 530 g/mol. The molecule has 0 saturated carbocycles. The summed E-state index contributed by atoms with van der Waals surface area (Å²) in [5, 5.41) is 13.6. The fourth-order valence-electron chi connectivity index (χ4n) is 3.83. The number of carbonyl (C=O) groups is 1. The molecule has 0 radical (unpaired) electrons. The molecule has 0 aliphatic heterocycles. The van der Waals surface area contributed by atoms with Gasteiger partial charge in [-0.15, -0.1) is 10.2 Å². The van der Waals surface area contributed by atoms with Gasteiger partial charge in [-0.2, -0.15) is 5.10 Å². The number of benzene rings is 3. The number of methoxy groups -OCH3 is 2. The molecular formula is C29H31N5O3S. The normalized spacial score (nSPS) is 11.5. The van der Waals surface area contributed by atoms with E-state index in [4.69, 9.17) is 9.47 Å². The monoisotopic (exact) mass is 529 g/mol. The first-order chi connectivity index (χ1) is 18.3. The minimum atomic E-state index is -0.271. The number of ether oxygens (including phenoxy) is 2. The van der Waals surface area contributed by atoms with Gasteiger partial charge in [0.1, 0.15) is 0 Å². The molecule has 0 aliphatic rings. The zero-order valence-corrected chi connectivity index (χ0v) is 23.0. The fraction of sp³-hybridized carbons (Fsp3) is 0.241. The van der Waals surface area contributed by atoms with Gasteiger partial charge in [-0.3, -0.25) is 9.36 Å². The van der Waals surface area contributed by atoms with Crippen LogP contribution in [0.3, 0.4) is 0 Å². The second kappa shape index (κ2) is 12.0. The molecule has 8 nitrogen and oxygen atoms in total. The third kappa shape index (κ3) is 6.23. The van der Waals surface area contributed by atoms with Crippen LogP contribution in [-0.2, 0) is 10.2 Å². The van der Waals surface area contributed by atoms with Gasteiger partial charge in [0.2, 0.25) is 0 Å². The molecule has 0 aliphatic carbocycles. The molecule has 0 saturated heterocycles. The molecule has 38 heavy (non-hydrogen) atoms. The first-order valence-electron chi connectivity index (χ1n) is 12.1. The van der Waals surface area contributed by atoms with Crippen LogP contribution in [-0.4, -0.2) is 46.9 Å². The van der Waals surface area contributed by atoms with E-state index in [1.54, 1.807) is 20.3 Å². The van der Waals surface area contributed by atoms with E-state index in [1.807, 2.05) is 47.0 Å². The molecule has 0 spiro atoms. The van der Waals surface area contributed by atoms with Crippen LogP contribution in [0, 0.1) is 0 Å². The molecular weight excluding hydrogens is 498 g/mol. The van der Waals surface area contributed by atoms with Crippen LogP contribution >= 0.6 is 11.8 Å². The standard InChI is InChI=1S/C29H31N5O3S/c1-29(2,3)22-16-14-20(15-17-22)27-32-33-28(34(27)23-11-7-6-8-12-23)38-19-25(35)31-30-18-21-10-9-13-24(36-4)26(21)37-5/h6-18H,19H2,1-5H3,(H,31,35)/b30-18-. The number of hydrogen-bond donors (Lipinski definition) is 1. The summed E-state index contributed by atoms with van der Waals surface area (Å²) in [5.41, 5.74) is 6.41. The minimum absolute atomic E-state index is 0.0558. The third-order valence-electron chi connectivity index (χ3n) is 5.82. The minimum Gasteiger partial charge on any atom is -0.493 e. The number of nitrogens with zero attached hydrogens (tertiary/aromatic N) is 4. The Balaban J connectivity index is 1.51. The SMILES string of the molecule is COc1cccc(/C=N\NC(=O)CSc2nnc(-c3ccc(C(C)(C)C)cc3)n2-c2ccccc2)c1OC. The van der Waals surface area contributed by atoms with Crippen molar-refractivity contribution in [2.24, 2.45) is 5.10 Å². The quantitative estimate of drug-likeness (QED) is 0.175. The Labute approximate surface area is 227 Å². The zero-order valence-electron chi connectivity index (χ0n) is 22.1. The Bertz CT molecular complexity index is 1410. The number of thioether (sulfide) groups is 1. The van der Waals surface area contributed by atoms with Crippen molar-refractivity contribution in [2.75, 3.05) is 20.0 Å². The lowest BCUT2D eigenvalue weighted by molar-refractivity contribution is -0.118. The van der Waals surface area contributed by atoms with Crippen LogP contribution < -0.4 is 14.9 Å². The fourth-order valence-corrected chi connectivity index (χ4v) is 4.57. The first-order valence-corrected chi connectivity index (χ1v) is 13.1. The van der Waals surface area contributed by atoms with Gasteiger partial charge in [0.05, 0.1) is 26.2 Å². The number of nitrogens with one attached hydrogen (secondary N) is 1. The maximum absolute atomic E-state index is 12.6. The van der Waals surface area contributed by atoms with Gasteiger partial charge < -0.3 is 9.47 Å². The van der Waals surface area contributed by atoms with E-state index in [-0.39, 0.29) is 17.1 Å². The highest BCUT2D eigenvalue weighted by molar-refractivity contribution is 7.99. The molecule has 1 N–H and O–H groups in total. The van der Waals surface area contributed by atoms with E-state index in [9.17, 15) is 4.79 Å². The summed E-state index contributed by atoms with van der Waals surface area (Å²) in [6, 6.07) is 23.7. The highest BCUT2D eigenvalue weighted by Crippen LogP contribution is 2.31. The number of carbonyl (C=O) groups excluding carboxylic acids is 1. The lowest BCUT2D eigenvalue weighted by Crippen LogP contribution is -2.20. The molecule has 9 heteroatoms. The first kappa shape index (κ1) is 26.9. The van der Waals surface area contributed by atoms with Gasteiger partial charge in [0.25, 0.3) is 5.91 Å². The Hall–Kier alpha value is -4.11. The van der Waals surface area contributed by atoms with Crippen molar-refractivity contribution >= 4 is 23.9 Å². The summed E-state index contributed by atoms with van der Waals surface area (Å²) in [7, 11) is 3.12. The predicted octanol–water partition coefficient (Wildman–Crippen LogP) is 5.49. The molecule has 3 aromatic carbocycles. The topological polar surface area (TPSA) is 90.6 Å². The van der Waals surface area contributed by atoms with Crippen molar-refractivity contribution in [2.45, 2.75) is 31.3 Å². The van der Waals surface area contributed by atoms with Gasteiger partial charge in [-0.1, -0.05) is 81.1 Å². The van der Waals surface area contributed by atoms with Crippen LogP contribution in [0.25, 0.3) is 17.1 Å². The van der Waals surface area contributed by atoms with E-state index in [2.05, 4.69) is 65.8 Å². The third-order valence-corrected chi connectivity index (χ3v) is 6.74. The van der Waals surface area contributed by atoms with Crippen molar-refractivity contribution in [3.05, 3.63) is 83.9 Å². The Kier molecular flexibility index (Phi) is 8.48. The highest BCUT2D eigenvalue weighted by Gasteiger charge is 2.19. The number of hydrogen-bond acceptors (Lipinski definition) is 7. The van der Waals surface area contributed by atoms with Crippen molar-refractivity contribution in [1.82, 2.24) is 20.2 Å². The van der Waals surface area contributed by atoms with Crippen molar-refractivity contribution < 1.29 is 14.3 Å². The molecule has 0 bridgehead atoms. The lowest BCUT2D eigenvalue weighted by Gasteiger charge is -2.19. The van der Waals surface area contributed by atoms with Gasteiger partial charge in [0.15, 0.2) is 22.5 Å². The van der Waals surface area contributed by atoms with Crippen LogP contribution in [0.4, 0.5) is 0 Å². The van der Waals surface area contributed by atoms with Gasteiger partial charge >= 0.3 is 0 Å². The predicted molar refractivity (Wildman–Crippen MR) is 152 cm³/mol. The molecule has 0 unspecified atom stereocenters. The second-order valence-electron chi connectivity index (χ2n) is 9.47. The van der Waals surface area contributed by atoms with Gasteiger partial charge in [0, 0.05) is 16.8 Å². The number of aromatic nitrogens is 3. The summed E-state index contributed by atoms with van der Waals surface area (Å²) in [4.78, 5) is 12.6. The van der Waals surface area contributed by atoms with Crippen LogP contribution in [0.2, 0.25) is 0 Å². The molecule has 1 amide bonds. The van der Waals surface area contributed by atoms with E-state index in [0.29, 0.717) is 28.0 Å². The number of hydrazone groups is 1. The lowest BCUT2D eigenvalue weighted by atomic mass is 9.87. The Morgan fingerprint density at radius 1 is 0.974 bits per heavy atom. The largest absolute Gasteiger partial charge is 0.493 e. The van der Waals surface area contributed by atoms with Crippen molar-refractivity contribution in [3.63, 3.8) is 0 Å². The molecule has 196 valence electrons. The summed E-state index contributed by atoms with van der Waals surface area (Å²) < 4.78 is 12.7. The summed E-state index contributed by atoms with van der Waals surface area (Å²) in [5.74, 6) is 1.68. The summed E-state index contributed by atoms with van der Waals surface area (Å²) in [6.45, 7) is 6.56. The number of para-hydroxylation sites is 2. The van der Waals surface area contributed by atoms with E-state index in [0.717, 1.165) is 11.3 Å². The van der Waals surface area contributed by atoms with Gasteiger partial charge in [-0.25, -0.2) is 5.43 Å². The zero-order chi connectivity index (χ0) is 27.1. The number of amides is 1. The molecule has 1 heterocycles. The molecule has 1 aromatic heterocycles. The van der Waals surface area contributed by atoms with Crippen molar-refractivity contribution in [3.8, 4) is 28.6 Å². The van der Waals surface area contributed by atoms with Crippen LogP contribution in [0.1, 0.15) is 31.9 Å². The van der Waals surface area contributed by atoms with E-state index >= 15 is 0 Å². The van der Waals surface area contributed by atoms with Crippen LogP contribution in [0.5, 0.6) is 11.5 Å². The molecule has 0 fully saturated rings. The van der Waals surface area contributed by atoms with E-state index in [1.165, 1.54) is 23.5 Å². The maximum Gasteiger partial charge on any atom is 0.250 e. The summed E-state index contributed by atoms with van der Waals surface area (Å²) >= 11 is 1.29. The highest BCUT2D eigenvalue weighted by atomic mass is 32.2. The van der Waals surface area contributed by atoms with E-state index < -0.39 is 0 Å². The average Bonchev–Trinajstić information content (AvgIpc) is 3.35. The molecule has 4 aromatic rings.